The van der Waals surface area contributed by atoms with Crippen LogP contribution in [-0.4, -0.2) is 28.5 Å². The Kier molecular flexibility index (Phi) is 7.00. The molecule has 226 valence electrons. The number of aromatic nitrogens is 4. The van der Waals surface area contributed by atoms with Gasteiger partial charge in [-0.2, -0.15) is 10.2 Å². The van der Waals surface area contributed by atoms with Gasteiger partial charge < -0.3 is 0 Å². The van der Waals surface area contributed by atoms with Gasteiger partial charge in [-0.15, -0.1) is 10.2 Å². The van der Waals surface area contributed by atoms with Crippen LogP contribution < -0.4 is 5.19 Å². The molecule has 2 aromatic heterocycles. The third-order valence-corrected chi connectivity index (χ3v) is 15.4. The van der Waals surface area contributed by atoms with Crippen molar-refractivity contribution in [1.82, 2.24) is 20.4 Å². The molecule has 0 radical (unpaired) electrons. The van der Waals surface area contributed by atoms with Crippen LogP contribution in [0.5, 0.6) is 0 Å². The highest BCUT2D eigenvalue weighted by Gasteiger charge is 2.59. The topological polar surface area (TPSA) is 51.6 Å². The van der Waals surface area contributed by atoms with Crippen molar-refractivity contribution in [2.45, 2.75) is 25.8 Å². The number of allylic oxidation sites excluding steroid dienone is 2. The molecule has 0 N–H and O–H groups in total. The predicted octanol–water partition coefficient (Wildman–Crippen LogP) is 9.34. The van der Waals surface area contributed by atoms with E-state index in [0.717, 1.165) is 44.3 Å². The Hall–Kier alpha value is -5.52. The average Bonchev–Trinajstić information content (AvgIpc) is 3.46. The quantitative estimate of drug-likeness (QED) is 0.180. The maximum Gasteiger partial charge on any atom is 0.160 e. The van der Waals surface area contributed by atoms with Crippen LogP contribution in [-0.2, 0) is 0 Å². The molecule has 3 heterocycles. The third-order valence-electron chi connectivity index (χ3n) is 9.46. The second kappa shape index (κ2) is 11.4. The number of nitrogens with zero attached hydrogens (tertiary/aromatic N) is 4. The first-order valence-electron chi connectivity index (χ1n) is 16.1. The van der Waals surface area contributed by atoms with Crippen LogP contribution in [0.15, 0.2) is 152 Å². The average molecular weight is 623 g/mol. The molecule has 0 spiro atoms. The van der Waals surface area contributed by atoms with Crippen LogP contribution >= 0.6 is 0 Å². The van der Waals surface area contributed by atoms with Crippen LogP contribution in [0.4, 0.5) is 0 Å². The molecule has 8 rings (SSSR count). The molecule has 0 fully saturated rings. The van der Waals surface area contributed by atoms with Crippen molar-refractivity contribution < 1.29 is 0 Å². The van der Waals surface area contributed by atoms with Crippen LogP contribution in [0.1, 0.15) is 43.3 Å². The SMILES string of the molecule is CC(C)(C)[Si]1(c2ccccc2)C(c2cc3ccccc3nn2)=C(c2ccccc2)C(c2ccccc2)=C1c1cc2ccccc2nn1. The summed E-state index contributed by atoms with van der Waals surface area (Å²) in [6.45, 7) is 7.18. The van der Waals surface area contributed by atoms with Crippen molar-refractivity contribution in [3.05, 3.63) is 174 Å². The molecule has 47 heavy (non-hydrogen) atoms. The standard InChI is InChI=1S/C42H34N4Si/c1-42(2,3)47(33-23-11-6-12-24-33)40(36-27-31-21-13-15-25-34(31)43-45-36)38(29-17-7-4-8-18-29)39(30-19-9-5-10-20-30)41(47)37-28-32-22-14-16-26-35(32)44-46-37/h4-28H,1-3H3. The lowest BCUT2D eigenvalue weighted by molar-refractivity contribution is 0.740. The van der Waals surface area contributed by atoms with Gasteiger partial charge in [0.1, 0.15) is 0 Å². The molecule has 0 unspecified atom stereocenters. The van der Waals surface area contributed by atoms with Crippen molar-refractivity contribution in [3.8, 4) is 0 Å². The summed E-state index contributed by atoms with van der Waals surface area (Å²) in [7, 11) is -3.06. The predicted molar refractivity (Wildman–Crippen MR) is 197 cm³/mol. The molecular weight excluding hydrogens is 589 g/mol. The van der Waals surface area contributed by atoms with Crippen LogP contribution in [0.25, 0.3) is 43.3 Å². The van der Waals surface area contributed by atoms with E-state index in [1.54, 1.807) is 0 Å². The molecule has 5 aromatic carbocycles. The van der Waals surface area contributed by atoms with Crippen molar-refractivity contribution >= 4 is 56.6 Å². The van der Waals surface area contributed by atoms with E-state index in [2.05, 4.69) is 148 Å². The fourth-order valence-electron chi connectivity index (χ4n) is 7.55. The lowest BCUT2D eigenvalue weighted by atomic mass is 9.90. The highest BCUT2D eigenvalue weighted by atomic mass is 28.3. The number of hydrogen-bond acceptors (Lipinski definition) is 4. The lowest BCUT2D eigenvalue weighted by Gasteiger charge is -2.44. The maximum atomic E-state index is 5.07. The summed E-state index contributed by atoms with van der Waals surface area (Å²) in [4.78, 5) is 0. The molecule has 0 saturated heterocycles. The monoisotopic (exact) mass is 622 g/mol. The second-order valence-electron chi connectivity index (χ2n) is 13.2. The second-order valence-corrected chi connectivity index (χ2v) is 17.8. The first-order valence-corrected chi connectivity index (χ1v) is 18.1. The fraction of sp³-hybridized carbons (Fsp3) is 0.0952. The van der Waals surface area contributed by atoms with E-state index in [0.29, 0.717) is 0 Å². The first-order chi connectivity index (χ1) is 23.0. The zero-order chi connectivity index (χ0) is 32.0. The maximum absolute atomic E-state index is 5.07. The Morgan fingerprint density at radius 1 is 0.426 bits per heavy atom. The minimum absolute atomic E-state index is 0.226. The minimum atomic E-state index is -3.06. The molecular formula is C42H34N4Si. The molecule has 7 aromatic rings. The van der Waals surface area contributed by atoms with Crippen molar-refractivity contribution in [3.63, 3.8) is 0 Å². The molecule has 0 saturated carbocycles. The normalized spacial score (nSPS) is 14.7. The first kappa shape index (κ1) is 28.9. The number of benzene rings is 5. The molecule has 1 aliphatic heterocycles. The van der Waals surface area contributed by atoms with E-state index in [1.807, 2.05) is 24.3 Å². The number of hydrogen-bond donors (Lipinski definition) is 0. The molecule has 0 bridgehead atoms. The molecule has 0 aliphatic carbocycles. The molecule has 1 aliphatic rings. The van der Waals surface area contributed by atoms with Gasteiger partial charge >= 0.3 is 0 Å². The Morgan fingerprint density at radius 2 is 0.809 bits per heavy atom. The van der Waals surface area contributed by atoms with Crippen LogP contribution in [0, 0.1) is 0 Å². The highest BCUT2D eigenvalue weighted by molar-refractivity contribution is 7.23. The van der Waals surface area contributed by atoms with Gasteiger partial charge in [0, 0.05) is 10.8 Å². The molecule has 4 nitrogen and oxygen atoms in total. The van der Waals surface area contributed by atoms with E-state index in [-0.39, 0.29) is 5.04 Å². The summed E-state index contributed by atoms with van der Waals surface area (Å²) in [5, 5.41) is 25.5. The smallest absolute Gasteiger partial charge is 0.151 e. The van der Waals surface area contributed by atoms with Gasteiger partial charge in [0.2, 0.25) is 0 Å². The third kappa shape index (κ3) is 4.65. The Balaban J connectivity index is 1.62. The Morgan fingerprint density at radius 3 is 1.23 bits per heavy atom. The minimum Gasteiger partial charge on any atom is -0.151 e. The van der Waals surface area contributed by atoms with Crippen LogP contribution in [0.3, 0.4) is 0 Å². The van der Waals surface area contributed by atoms with Gasteiger partial charge in [-0.05, 0) is 67.2 Å². The largest absolute Gasteiger partial charge is 0.160 e. The van der Waals surface area contributed by atoms with E-state index >= 15 is 0 Å². The van der Waals surface area contributed by atoms with Gasteiger partial charge in [0.15, 0.2) is 8.07 Å². The molecule has 0 amide bonds. The summed E-state index contributed by atoms with van der Waals surface area (Å²) in [6.07, 6.45) is 0. The molecule has 5 heteroatoms. The van der Waals surface area contributed by atoms with Gasteiger partial charge in [-0.25, -0.2) is 0 Å². The van der Waals surface area contributed by atoms with Crippen molar-refractivity contribution in [1.29, 1.82) is 0 Å². The highest BCUT2D eigenvalue weighted by Crippen LogP contribution is 2.62. The Bertz CT molecular complexity index is 2180. The fourth-order valence-corrected chi connectivity index (χ4v) is 13.7. The van der Waals surface area contributed by atoms with Crippen molar-refractivity contribution in [2.24, 2.45) is 0 Å². The number of rotatable bonds is 5. The van der Waals surface area contributed by atoms with Gasteiger partial charge in [-0.1, -0.05) is 148 Å². The zero-order valence-corrected chi connectivity index (χ0v) is 27.7. The van der Waals surface area contributed by atoms with Crippen LogP contribution in [0.2, 0.25) is 5.04 Å². The lowest BCUT2D eigenvalue weighted by Crippen LogP contribution is -2.57. The summed E-state index contributed by atoms with van der Waals surface area (Å²) in [5.74, 6) is 0. The van der Waals surface area contributed by atoms with E-state index in [4.69, 9.17) is 20.4 Å². The number of fused-ring (bicyclic) bond motifs is 2. The summed E-state index contributed by atoms with van der Waals surface area (Å²) >= 11 is 0. The van der Waals surface area contributed by atoms with Gasteiger partial charge in [-0.3, -0.25) is 0 Å². The zero-order valence-electron chi connectivity index (χ0n) is 26.7. The van der Waals surface area contributed by atoms with E-state index in [9.17, 15) is 0 Å². The van der Waals surface area contributed by atoms with Gasteiger partial charge in [0.05, 0.1) is 22.4 Å². The van der Waals surface area contributed by atoms with E-state index in [1.165, 1.54) is 26.7 Å². The summed E-state index contributed by atoms with van der Waals surface area (Å²) < 4.78 is 0. The van der Waals surface area contributed by atoms with Crippen molar-refractivity contribution in [2.75, 3.05) is 0 Å². The summed E-state index contributed by atoms with van der Waals surface area (Å²) in [6, 6.07) is 53.7. The Labute approximate surface area is 276 Å². The summed E-state index contributed by atoms with van der Waals surface area (Å²) in [5.41, 5.74) is 8.27. The van der Waals surface area contributed by atoms with Gasteiger partial charge in [0.25, 0.3) is 0 Å². The molecule has 0 atom stereocenters. The van der Waals surface area contributed by atoms with E-state index < -0.39 is 8.07 Å².